The number of benzene rings is 1. The van der Waals surface area contributed by atoms with Crippen LogP contribution in [0.2, 0.25) is 0 Å². The topological polar surface area (TPSA) is 64.7 Å². The summed E-state index contributed by atoms with van der Waals surface area (Å²) in [5, 5.41) is 0. The molecule has 2 N–H and O–H groups in total. The minimum absolute atomic E-state index is 0.146. The second kappa shape index (κ2) is 4.45. The van der Waals surface area contributed by atoms with Crippen LogP contribution < -0.4 is 5.73 Å². The van der Waals surface area contributed by atoms with Gasteiger partial charge in [-0.15, -0.1) is 0 Å². The summed E-state index contributed by atoms with van der Waals surface area (Å²) in [5.41, 5.74) is 6.21. The van der Waals surface area contributed by atoms with E-state index >= 15 is 0 Å². The van der Waals surface area contributed by atoms with Crippen molar-refractivity contribution in [2.45, 2.75) is 19.8 Å². The minimum Gasteiger partial charge on any atom is -0.368 e. The van der Waals surface area contributed by atoms with Crippen LogP contribution in [0.15, 0.2) is 24.3 Å². The van der Waals surface area contributed by atoms with Gasteiger partial charge in [-0.3, -0.25) is 0 Å². The van der Waals surface area contributed by atoms with Crippen molar-refractivity contribution < 1.29 is 4.39 Å². The summed E-state index contributed by atoms with van der Waals surface area (Å²) in [6.45, 7) is 3.92. The highest BCUT2D eigenvalue weighted by Gasteiger charge is 2.09. The summed E-state index contributed by atoms with van der Waals surface area (Å²) in [6.07, 6.45) is 0. The zero-order chi connectivity index (χ0) is 12.4. The van der Waals surface area contributed by atoms with E-state index in [-0.39, 0.29) is 17.7 Å². The highest BCUT2D eigenvalue weighted by molar-refractivity contribution is 5.55. The highest BCUT2D eigenvalue weighted by atomic mass is 19.1. The standard InChI is InChI=1S/C12H13FN4/c1-7(2)10-15-11(17-12(14)16-10)8-4-3-5-9(13)6-8/h3-7H,1-2H3,(H2,14,15,16,17). The van der Waals surface area contributed by atoms with Crippen molar-refractivity contribution in [3.63, 3.8) is 0 Å². The fourth-order valence-corrected chi connectivity index (χ4v) is 1.42. The largest absolute Gasteiger partial charge is 0.368 e. The van der Waals surface area contributed by atoms with E-state index in [9.17, 15) is 4.39 Å². The van der Waals surface area contributed by atoms with E-state index in [2.05, 4.69) is 15.0 Å². The third kappa shape index (κ3) is 2.55. The maximum atomic E-state index is 13.1. The molecule has 4 nitrogen and oxygen atoms in total. The first-order valence-electron chi connectivity index (χ1n) is 5.33. The smallest absolute Gasteiger partial charge is 0.223 e. The molecule has 0 saturated heterocycles. The minimum atomic E-state index is -0.326. The van der Waals surface area contributed by atoms with Crippen LogP contribution in [0.25, 0.3) is 11.4 Å². The van der Waals surface area contributed by atoms with Crippen LogP contribution in [0.4, 0.5) is 10.3 Å². The van der Waals surface area contributed by atoms with E-state index in [1.807, 2.05) is 13.8 Å². The van der Waals surface area contributed by atoms with Gasteiger partial charge in [0, 0.05) is 11.5 Å². The van der Waals surface area contributed by atoms with Gasteiger partial charge in [0.1, 0.15) is 11.6 Å². The molecule has 0 unspecified atom stereocenters. The van der Waals surface area contributed by atoms with E-state index in [1.165, 1.54) is 12.1 Å². The molecule has 0 spiro atoms. The molecule has 1 aromatic heterocycles. The van der Waals surface area contributed by atoms with Gasteiger partial charge in [-0.2, -0.15) is 9.97 Å². The van der Waals surface area contributed by atoms with Gasteiger partial charge in [0.05, 0.1) is 0 Å². The first-order chi connectivity index (χ1) is 8.06. The van der Waals surface area contributed by atoms with Crippen LogP contribution in [0.5, 0.6) is 0 Å². The lowest BCUT2D eigenvalue weighted by atomic mass is 10.2. The predicted molar refractivity (Wildman–Crippen MR) is 63.7 cm³/mol. The summed E-state index contributed by atoms with van der Waals surface area (Å²) < 4.78 is 13.1. The fraction of sp³-hybridized carbons (Fsp3) is 0.250. The number of hydrogen-bond acceptors (Lipinski definition) is 4. The average molecular weight is 232 g/mol. The van der Waals surface area contributed by atoms with Gasteiger partial charge in [0.15, 0.2) is 5.82 Å². The van der Waals surface area contributed by atoms with Crippen molar-refractivity contribution in [1.82, 2.24) is 15.0 Å². The quantitative estimate of drug-likeness (QED) is 0.863. The van der Waals surface area contributed by atoms with Crippen molar-refractivity contribution in [3.8, 4) is 11.4 Å². The average Bonchev–Trinajstić information content (AvgIpc) is 2.28. The van der Waals surface area contributed by atoms with Crippen LogP contribution in [-0.2, 0) is 0 Å². The Morgan fingerprint density at radius 3 is 2.59 bits per heavy atom. The van der Waals surface area contributed by atoms with Crippen molar-refractivity contribution in [3.05, 3.63) is 35.9 Å². The monoisotopic (exact) mass is 232 g/mol. The van der Waals surface area contributed by atoms with Crippen molar-refractivity contribution in [1.29, 1.82) is 0 Å². The lowest BCUT2D eigenvalue weighted by Gasteiger charge is -2.07. The first-order valence-corrected chi connectivity index (χ1v) is 5.33. The van der Waals surface area contributed by atoms with Crippen molar-refractivity contribution in [2.75, 3.05) is 5.73 Å². The molecule has 0 fully saturated rings. The molecular weight excluding hydrogens is 219 g/mol. The molecule has 0 aliphatic heterocycles. The molecule has 17 heavy (non-hydrogen) atoms. The summed E-state index contributed by atoms with van der Waals surface area (Å²) >= 11 is 0. The third-order valence-corrected chi connectivity index (χ3v) is 2.27. The second-order valence-corrected chi connectivity index (χ2v) is 4.04. The van der Waals surface area contributed by atoms with Gasteiger partial charge in [-0.05, 0) is 12.1 Å². The summed E-state index contributed by atoms with van der Waals surface area (Å²) in [5.74, 6) is 0.987. The normalized spacial score (nSPS) is 10.8. The molecule has 2 rings (SSSR count). The van der Waals surface area contributed by atoms with Gasteiger partial charge in [-0.25, -0.2) is 9.37 Å². The summed E-state index contributed by atoms with van der Waals surface area (Å²) in [7, 11) is 0. The van der Waals surface area contributed by atoms with Gasteiger partial charge in [0.2, 0.25) is 5.95 Å². The number of hydrogen-bond donors (Lipinski definition) is 1. The number of nitrogens with two attached hydrogens (primary N) is 1. The maximum Gasteiger partial charge on any atom is 0.223 e. The number of aromatic nitrogens is 3. The molecule has 0 aliphatic carbocycles. The Balaban J connectivity index is 2.52. The highest BCUT2D eigenvalue weighted by Crippen LogP contribution is 2.19. The summed E-state index contributed by atoms with van der Waals surface area (Å²) in [4.78, 5) is 12.3. The van der Waals surface area contributed by atoms with Crippen LogP contribution in [0.1, 0.15) is 25.6 Å². The third-order valence-electron chi connectivity index (χ3n) is 2.27. The molecular formula is C12H13FN4. The van der Waals surface area contributed by atoms with Crippen LogP contribution >= 0.6 is 0 Å². The number of halogens is 1. The Morgan fingerprint density at radius 1 is 1.18 bits per heavy atom. The van der Waals surface area contributed by atoms with Crippen molar-refractivity contribution >= 4 is 5.95 Å². The zero-order valence-electron chi connectivity index (χ0n) is 9.68. The molecule has 0 bridgehead atoms. The van der Waals surface area contributed by atoms with Crippen LogP contribution in [-0.4, -0.2) is 15.0 Å². The van der Waals surface area contributed by atoms with Crippen LogP contribution in [0.3, 0.4) is 0 Å². The maximum absolute atomic E-state index is 13.1. The van der Waals surface area contributed by atoms with E-state index in [4.69, 9.17) is 5.73 Å². The molecule has 0 radical (unpaired) electrons. The number of nitrogen functional groups attached to an aromatic ring is 1. The molecule has 88 valence electrons. The van der Waals surface area contributed by atoms with Gasteiger partial charge in [0.25, 0.3) is 0 Å². The molecule has 0 amide bonds. The molecule has 5 heteroatoms. The lowest BCUT2D eigenvalue weighted by molar-refractivity contribution is 0.628. The van der Waals surface area contributed by atoms with Crippen LogP contribution in [0, 0.1) is 5.82 Å². The molecule has 1 heterocycles. The van der Waals surface area contributed by atoms with Gasteiger partial charge >= 0.3 is 0 Å². The number of anilines is 1. The van der Waals surface area contributed by atoms with E-state index < -0.39 is 0 Å². The Bertz CT molecular complexity index is 540. The Labute approximate surface area is 98.7 Å². The Morgan fingerprint density at radius 2 is 1.94 bits per heavy atom. The number of nitrogens with zero attached hydrogens (tertiary/aromatic N) is 3. The van der Waals surface area contributed by atoms with E-state index in [0.717, 1.165) is 0 Å². The van der Waals surface area contributed by atoms with E-state index in [0.29, 0.717) is 17.2 Å². The zero-order valence-corrected chi connectivity index (χ0v) is 9.68. The molecule has 0 saturated carbocycles. The number of rotatable bonds is 2. The van der Waals surface area contributed by atoms with Crippen molar-refractivity contribution in [2.24, 2.45) is 0 Å². The lowest BCUT2D eigenvalue weighted by Crippen LogP contribution is -2.06. The molecule has 0 aliphatic rings. The second-order valence-electron chi connectivity index (χ2n) is 4.04. The summed E-state index contributed by atoms with van der Waals surface area (Å²) in [6, 6.07) is 6.10. The fourth-order valence-electron chi connectivity index (χ4n) is 1.42. The Kier molecular flexibility index (Phi) is 2.99. The molecule has 1 aromatic carbocycles. The van der Waals surface area contributed by atoms with Gasteiger partial charge < -0.3 is 5.73 Å². The van der Waals surface area contributed by atoms with E-state index in [1.54, 1.807) is 12.1 Å². The molecule has 2 aromatic rings. The first kappa shape index (κ1) is 11.4. The van der Waals surface area contributed by atoms with Gasteiger partial charge in [-0.1, -0.05) is 26.0 Å². The predicted octanol–water partition coefficient (Wildman–Crippen LogP) is 2.38. The SMILES string of the molecule is CC(C)c1nc(N)nc(-c2cccc(F)c2)n1. The Hall–Kier alpha value is -2.04. The molecule has 0 atom stereocenters.